The number of benzene rings is 2. The number of rotatable bonds is 18. The number of piperidine rings is 1. The molecule has 0 aliphatic carbocycles. The van der Waals surface area contributed by atoms with Gasteiger partial charge in [0.1, 0.15) is 30.0 Å². The lowest BCUT2D eigenvalue weighted by Crippen LogP contribution is -2.33. The molecule has 0 amide bonds. The molecule has 44 heavy (non-hydrogen) atoms. The summed E-state index contributed by atoms with van der Waals surface area (Å²) >= 11 is 0. The Morgan fingerprint density at radius 2 is 1.41 bits per heavy atom. The topological polar surface area (TPSA) is 80.6 Å². The van der Waals surface area contributed by atoms with Crippen molar-refractivity contribution in [2.45, 2.75) is 83.7 Å². The average Bonchev–Trinajstić information content (AvgIpc) is 2.96. The van der Waals surface area contributed by atoms with Crippen LogP contribution in [0.4, 0.5) is 0 Å². The molecule has 246 valence electrons. The van der Waals surface area contributed by atoms with E-state index < -0.39 is 22.3 Å². The van der Waals surface area contributed by atoms with E-state index in [9.17, 15) is 10.2 Å². The van der Waals surface area contributed by atoms with Gasteiger partial charge in [-0.3, -0.25) is 4.90 Å². The van der Waals surface area contributed by atoms with E-state index in [-0.39, 0.29) is 19.1 Å². The molecule has 1 saturated heterocycles. The minimum atomic E-state index is -1.26. The highest BCUT2D eigenvalue weighted by atomic mass is 28.3. The summed E-state index contributed by atoms with van der Waals surface area (Å²) in [5.41, 5.74) is 2.89. The molecule has 0 aromatic heterocycles. The number of aliphatic hydroxyl groups excluding tert-OH is 1. The Bertz CT molecular complexity index is 1170. The zero-order valence-electron chi connectivity index (χ0n) is 28.3. The number of allylic oxidation sites excluding steroid dienone is 1. The summed E-state index contributed by atoms with van der Waals surface area (Å²) < 4.78 is 23.5. The number of hydrogen-bond donors (Lipinski definition) is 2. The third-order valence-electron chi connectivity index (χ3n) is 8.06. The molecule has 1 aliphatic rings. The Kier molecular flexibility index (Phi) is 14.5. The Hall–Kier alpha value is -2.15. The van der Waals surface area contributed by atoms with Crippen LogP contribution in [0, 0.1) is 0 Å². The summed E-state index contributed by atoms with van der Waals surface area (Å²) in [4.78, 5) is 2.46. The summed E-state index contributed by atoms with van der Waals surface area (Å²) in [7, 11) is -2.42. The van der Waals surface area contributed by atoms with E-state index in [1.54, 1.807) is 6.07 Å². The fourth-order valence-electron chi connectivity index (χ4n) is 5.01. The van der Waals surface area contributed by atoms with Crippen LogP contribution in [0.15, 0.2) is 48.0 Å². The molecule has 3 rings (SSSR count). The fraction of sp³-hybridized carbons (Fsp3) is 0.600. The van der Waals surface area contributed by atoms with Crippen molar-refractivity contribution >= 4 is 21.7 Å². The van der Waals surface area contributed by atoms with Gasteiger partial charge >= 0.3 is 0 Å². The molecule has 9 heteroatoms. The van der Waals surface area contributed by atoms with Gasteiger partial charge in [0.2, 0.25) is 0 Å². The Labute approximate surface area is 268 Å². The molecule has 0 radical (unpaired) electrons. The summed E-state index contributed by atoms with van der Waals surface area (Å²) in [6.45, 7) is 21.5. The summed E-state index contributed by atoms with van der Waals surface area (Å²) in [6.07, 6.45) is 2.98. The van der Waals surface area contributed by atoms with Crippen LogP contribution in [0.25, 0.3) is 5.57 Å². The number of hydrogen-bond acceptors (Lipinski definition) is 7. The highest BCUT2D eigenvalue weighted by molar-refractivity contribution is 6.76. The zero-order valence-corrected chi connectivity index (χ0v) is 30.3. The number of phenols is 1. The lowest BCUT2D eigenvalue weighted by Gasteiger charge is -2.26. The number of aliphatic hydroxyl groups is 1. The van der Waals surface area contributed by atoms with E-state index in [1.807, 2.05) is 43.3 Å². The molecule has 1 aliphatic heterocycles. The molecule has 1 heterocycles. The highest BCUT2D eigenvalue weighted by Crippen LogP contribution is 2.35. The van der Waals surface area contributed by atoms with Crippen LogP contribution in [0.2, 0.25) is 51.4 Å². The van der Waals surface area contributed by atoms with Crippen molar-refractivity contribution in [1.82, 2.24) is 4.90 Å². The summed E-state index contributed by atoms with van der Waals surface area (Å²) in [6, 6.07) is 15.0. The first-order chi connectivity index (χ1) is 20.8. The maximum atomic E-state index is 11.6. The van der Waals surface area contributed by atoms with Gasteiger partial charge in [-0.25, -0.2) is 0 Å². The number of likely N-dealkylation sites (tertiary alicyclic amines) is 1. The van der Waals surface area contributed by atoms with Crippen molar-refractivity contribution < 1.29 is 29.2 Å². The first-order valence-corrected chi connectivity index (χ1v) is 23.7. The van der Waals surface area contributed by atoms with Crippen LogP contribution >= 0.6 is 0 Å². The first kappa shape index (κ1) is 36.3. The third kappa shape index (κ3) is 13.1. The molecule has 7 nitrogen and oxygen atoms in total. The smallest absolute Gasteiger partial charge is 0.189 e. The molecular weight excluding hydrogens is 587 g/mol. The first-order valence-electron chi connectivity index (χ1n) is 16.3. The van der Waals surface area contributed by atoms with Crippen LogP contribution in [0.1, 0.15) is 43.4 Å². The maximum Gasteiger partial charge on any atom is 0.189 e. The van der Waals surface area contributed by atoms with Gasteiger partial charge < -0.3 is 29.2 Å². The van der Waals surface area contributed by atoms with Crippen LogP contribution in [0.3, 0.4) is 0 Å². The van der Waals surface area contributed by atoms with Gasteiger partial charge in [0.05, 0.1) is 6.61 Å². The predicted molar refractivity (Wildman–Crippen MR) is 186 cm³/mol. The second kappa shape index (κ2) is 17.5. The van der Waals surface area contributed by atoms with Crippen molar-refractivity contribution in [3.05, 3.63) is 59.2 Å². The minimum Gasteiger partial charge on any atom is -0.507 e. The number of aromatic hydroxyl groups is 1. The highest BCUT2D eigenvalue weighted by Gasteiger charge is 2.21. The van der Waals surface area contributed by atoms with E-state index in [2.05, 4.69) is 44.2 Å². The van der Waals surface area contributed by atoms with Crippen LogP contribution < -0.4 is 9.47 Å². The summed E-state index contributed by atoms with van der Waals surface area (Å²) in [5.74, 6) is 1.42. The summed E-state index contributed by atoms with van der Waals surface area (Å²) in [5, 5.41) is 22.6. The Balaban J connectivity index is 1.70. The standard InChI is InChI=1S/C35H57NO6Si2/c1-28(32-16-15-31(25-34(32)37)42-27-40-22-24-44(5,6)7)33(26-39-21-23-43(2,3)4)35(38)29-11-13-30(14-12-29)41-20-19-36-17-9-8-10-18-36/h11-16,25,35,37-38H,8-10,17-24,26-27H2,1-7H3/b33-28-. The molecule has 0 saturated carbocycles. The molecule has 0 spiro atoms. The van der Waals surface area contributed by atoms with Crippen molar-refractivity contribution in [3.63, 3.8) is 0 Å². The molecule has 1 atom stereocenters. The van der Waals surface area contributed by atoms with Gasteiger partial charge in [0.25, 0.3) is 0 Å². The van der Waals surface area contributed by atoms with E-state index >= 15 is 0 Å². The fourth-order valence-corrected chi connectivity index (χ4v) is 6.53. The molecule has 1 fully saturated rings. The number of nitrogens with zero attached hydrogens (tertiary/aromatic N) is 1. The lowest BCUT2D eigenvalue weighted by atomic mass is 9.93. The predicted octanol–water partition coefficient (Wildman–Crippen LogP) is 7.81. The second-order valence-electron chi connectivity index (χ2n) is 14.4. The van der Waals surface area contributed by atoms with Gasteiger partial charge in [-0.15, -0.1) is 0 Å². The molecule has 0 bridgehead atoms. The molecule has 1 unspecified atom stereocenters. The van der Waals surface area contributed by atoms with Gasteiger partial charge in [-0.2, -0.15) is 0 Å². The van der Waals surface area contributed by atoms with Crippen LogP contribution in [0.5, 0.6) is 17.2 Å². The molecule has 2 N–H and O–H groups in total. The number of phenolic OH excluding ortho intramolecular Hbond substituents is 1. The maximum absolute atomic E-state index is 11.6. The minimum absolute atomic E-state index is 0.0892. The largest absolute Gasteiger partial charge is 0.507 e. The van der Waals surface area contributed by atoms with E-state index in [0.29, 0.717) is 31.1 Å². The zero-order chi connectivity index (χ0) is 32.2. The monoisotopic (exact) mass is 643 g/mol. The quantitative estimate of drug-likeness (QED) is 0.0974. The molecule has 2 aromatic rings. The van der Waals surface area contributed by atoms with E-state index in [1.165, 1.54) is 19.3 Å². The van der Waals surface area contributed by atoms with Gasteiger partial charge in [0.15, 0.2) is 6.79 Å². The Morgan fingerprint density at radius 3 is 2.02 bits per heavy atom. The van der Waals surface area contributed by atoms with Crippen molar-refractivity contribution in [2.75, 3.05) is 52.9 Å². The van der Waals surface area contributed by atoms with Crippen molar-refractivity contribution in [2.24, 2.45) is 0 Å². The van der Waals surface area contributed by atoms with Gasteiger partial charge in [0, 0.05) is 47.5 Å². The van der Waals surface area contributed by atoms with Gasteiger partial charge in [-0.05, 0) is 85.9 Å². The lowest BCUT2D eigenvalue weighted by molar-refractivity contribution is 0.0219. The normalized spacial score (nSPS) is 16.0. The average molecular weight is 644 g/mol. The van der Waals surface area contributed by atoms with E-state index in [0.717, 1.165) is 54.2 Å². The van der Waals surface area contributed by atoms with Crippen molar-refractivity contribution in [3.8, 4) is 17.2 Å². The molecule has 2 aromatic carbocycles. The number of ether oxygens (including phenoxy) is 4. The third-order valence-corrected chi connectivity index (χ3v) is 11.5. The SMILES string of the molecule is C/C(=C(\COCC[Si](C)(C)C)C(O)c1ccc(OCCN2CCCCC2)cc1)c1ccc(OCOCC[Si](C)(C)C)cc1O. The second-order valence-corrected chi connectivity index (χ2v) is 25.6. The van der Waals surface area contributed by atoms with Gasteiger partial charge in [-0.1, -0.05) is 57.8 Å². The van der Waals surface area contributed by atoms with Crippen LogP contribution in [-0.2, 0) is 9.47 Å². The van der Waals surface area contributed by atoms with Crippen LogP contribution in [-0.4, -0.2) is 84.1 Å². The molecular formula is C35H57NO6Si2. The van der Waals surface area contributed by atoms with Crippen molar-refractivity contribution in [1.29, 1.82) is 0 Å². The Morgan fingerprint density at radius 1 is 0.795 bits per heavy atom. The van der Waals surface area contributed by atoms with E-state index in [4.69, 9.17) is 18.9 Å².